The van der Waals surface area contributed by atoms with Crippen molar-refractivity contribution in [2.75, 3.05) is 25.9 Å². The number of hydrogen-bond donors (Lipinski definition) is 2. The van der Waals surface area contributed by atoms with Crippen LogP contribution in [0.4, 0.5) is 0 Å². The van der Waals surface area contributed by atoms with Gasteiger partial charge in [-0.1, -0.05) is 0 Å². The third kappa shape index (κ3) is 3.80. The summed E-state index contributed by atoms with van der Waals surface area (Å²) in [5.41, 5.74) is 5.86. The molecule has 0 saturated carbocycles. The van der Waals surface area contributed by atoms with E-state index in [0.29, 0.717) is 18.0 Å². The van der Waals surface area contributed by atoms with Gasteiger partial charge in [-0.25, -0.2) is 8.42 Å². The number of nitrogens with two attached hydrogens (primary N) is 1. The first-order valence-corrected chi connectivity index (χ1v) is 8.48. The molecule has 0 bridgehead atoms. The third-order valence-electron chi connectivity index (χ3n) is 3.55. The Morgan fingerprint density at radius 2 is 2.35 bits per heavy atom. The highest BCUT2D eigenvalue weighted by atomic mass is 32.2. The van der Waals surface area contributed by atoms with E-state index in [1.54, 1.807) is 0 Å². The fourth-order valence-electron chi connectivity index (χ4n) is 2.74. The fraction of sp³-hybridized carbons (Fsp3) is 0.667. The molecule has 7 nitrogen and oxygen atoms in total. The summed E-state index contributed by atoms with van der Waals surface area (Å²) in [6, 6.07) is 0. The van der Waals surface area contributed by atoms with Crippen molar-refractivity contribution in [2.24, 2.45) is 11.7 Å². The molecule has 1 aliphatic heterocycles. The van der Waals surface area contributed by atoms with Gasteiger partial charge in [-0.05, 0) is 31.7 Å². The number of carbonyl (C=O) groups excluding carboxylic acids is 1. The molecule has 20 heavy (non-hydrogen) atoms. The van der Waals surface area contributed by atoms with Crippen LogP contribution in [0.3, 0.4) is 0 Å². The zero-order valence-corrected chi connectivity index (χ0v) is 12.3. The van der Waals surface area contributed by atoms with Crippen LogP contribution < -0.4 is 5.73 Å². The van der Waals surface area contributed by atoms with Gasteiger partial charge in [0.05, 0.1) is 18.4 Å². The van der Waals surface area contributed by atoms with E-state index in [-0.39, 0.29) is 17.3 Å². The Kier molecular flexibility index (Phi) is 4.44. The minimum Gasteiger partial charge on any atom is -0.369 e. The molecule has 1 unspecified atom stereocenters. The SMILES string of the molecule is CS(=O)(=O)c1cn[nH]c1CC1CCCN(CC(N)=O)C1. The molecule has 3 N–H and O–H groups in total. The number of sulfone groups is 1. The number of amides is 1. The van der Waals surface area contributed by atoms with Gasteiger partial charge < -0.3 is 5.73 Å². The fourth-order valence-corrected chi connectivity index (χ4v) is 3.56. The van der Waals surface area contributed by atoms with Gasteiger partial charge >= 0.3 is 0 Å². The number of piperidine rings is 1. The van der Waals surface area contributed by atoms with Crippen molar-refractivity contribution in [2.45, 2.75) is 24.2 Å². The minimum absolute atomic E-state index is 0.262. The number of nitrogens with one attached hydrogen (secondary N) is 1. The smallest absolute Gasteiger partial charge is 0.231 e. The van der Waals surface area contributed by atoms with Crippen molar-refractivity contribution in [3.8, 4) is 0 Å². The normalized spacial score (nSPS) is 20.9. The van der Waals surface area contributed by atoms with Crippen molar-refractivity contribution in [3.63, 3.8) is 0 Å². The summed E-state index contributed by atoms with van der Waals surface area (Å²) in [6.45, 7) is 1.88. The maximum absolute atomic E-state index is 11.6. The first-order valence-electron chi connectivity index (χ1n) is 6.59. The van der Waals surface area contributed by atoms with E-state index >= 15 is 0 Å². The maximum atomic E-state index is 11.6. The Balaban J connectivity index is 2.03. The number of carbonyl (C=O) groups is 1. The van der Waals surface area contributed by atoms with Crippen LogP contribution in [-0.2, 0) is 21.1 Å². The quantitative estimate of drug-likeness (QED) is 0.765. The van der Waals surface area contributed by atoms with Gasteiger partial charge in [0.1, 0.15) is 4.90 Å². The number of H-pyrrole nitrogens is 1. The van der Waals surface area contributed by atoms with E-state index in [0.717, 1.165) is 25.9 Å². The third-order valence-corrected chi connectivity index (χ3v) is 4.70. The number of hydrogen-bond acceptors (Lipinski definition) is 5. The zero-order valence-electron chi connectivity index (χ0n) is 11.5. The standard InChI is InChI=1S/C12H20N4O3S/c1-20(18,19)11-6-14-15-10(11)5-9-3-2-4-16(7-9)8-12(13)17/h6,9H,2-5,7-8H2,1H3,(H2,13,17)(H,14,15). The van der Waals surface area contributed by atoms with Crippen molar-refractivity contribution in [1.29, 1.82) is 0 Å². The van der Waals surface area contributed by atoms with Crippen molar-refractivity contribution in [1.82, 2.24) is 15.1 Å². The molecule has 1 aromatic heterocycles. The highest BCUT2D eigenvalue weighted by molar-refractivity contribution is 7.90. The second-order valence-corrected chi connectivity index (χ2v) is 7.38. The first kappa shape index (κ1) is 15.0. The monoisotopic (exact) mass is 300 g/mol. The molecule has 2 rings (SSSR count). The van der Waals surface area contributed by atoms with Gasteiger partial charge in [0.25, 0.3) is 0 Å². The van der Waals surface area contributed by atoms with Crippen LogP contribution in [0.25, 0.3) is 0 Å². The number of aromatic amines is 1. The molecule has 0 radical (unpaired) electrons. The lowest BCUT2D eigenvalue weighted by Gasteiger charge is -2.31. The van der Waals surface area contributed by atoms with Gasteiger partial charge in [-0.3, -0.25) is 14.8 Å². The largest absolute Gasteiger partial charge is 0.369 e. The van der Waals surface area contributed by atoms with Crippen LogP contribution in [0.15, 0.2) is 11.1 Å². The molecule has 112 valence electrons. The molecule has 1 aromatic rings. The van der Waals surface area contributed by atoms with Crippen LogP contribution in [0.5, 0.6) is 0 Å². The van der Waals surface area contributed by atoms with Crippen LogP contribution >= 0.6 is 0 Å². The topological polar surface area (TPSA) is 109 Å². The number of rotatable bonds is 5. The summed E-state index contributed by atoms with van der Waals surface area (Å²) in [7, 11) is -3.25. The Hall–Kier alpha value is -1.41. The first-order chi connectivity index (χ1) is 9.36. The van der Waals surface area contributed by atoms with E-state index in [1.807, 2.05) is 4.90 Å². The average molecular weight is 300 g/mol. The summed E-state index contributed by atoms with van der Waals surface area (Å²) in [5, 5.41) is 6.61. The Labute approximate surface area is 118 Å². The van der Waals surface area contributed by atoms with Crippen molar-refractivity contribution < 1.29 is 13.2 Å². The lowest BCUT2D eigenvalue weighted by molar-refractivity contribution is -0.119. The van der Waals surface area contributed by atoms with Crippen molar-refractivity contribution in [3.05, 3.63) is 11.9 Å². The predicted molar refractivity (Wildman–Crippen MR) is 73.8 cm³/mol. The molecule has 1 atom stereocenters. The maximum Gasteiger partial charge on any atom is 0.231 e. The Morgan fingerprint density at radius 3 is 3.00 bits per heavy atom. The summed E-state index contributed by atoms with van der Waals surface area (Å²) in [5.74, 6) is -0.0203. The molecule has 2 heterocycles. The molecule has 0 aromatic carbocycles. The van der Waals surface area contributed by atoms with E-state index in [4.69, 9.17) is 5.73 Å². The van der Waals surface area contributed by atoms with E-state index in [2.05, 4.69) is 10.2 Å². The number of aromatic nitrogens is 2. The van der Waals surface area contributed by atoms with Crippen molar-refractivity contribution >= 4 is 15.7 Å². The van der Waals surface area contributed by atoms with E-state index in [9.17, 15) is 13.2 Å². The van der Waals surface area contributed by atoms with Gasteiger partial charge in [-0.15, -0.1) is 0 Å². The second kappa shape index (κ2) is 5.92. The number of nitrogens with zero attached hydrogens (tertiary/aromatic N) is 2. The van der Waals surface area contributed by atoms with Gasteiger partial charge in [0.2, 0.25) is 5.91 Å². The molecule has 1 aliphatic rings. The number of primary amides is 1. The molecule has 0 aliphatic carbocycles. The molecular weight excluding hydrogens is 280 g/mol. The Morgan fingerprint density at radius 1 is 1.60 bits per heavy atom. The summed E-state index contributed by atoms with van der Waals surface area (Å²) >= 11 is 0. The van der Waals surface area contributed by atoms with E-state index < -0.39 is 9.84 Å². The minimum atomic E-state index is -3.25. The predicted octanol–water partition coefficient (Wildman–Crippen LogP) is -0.447. The summed E-state index contributed by atoms with van der Waals surface area (Å²) < 4.78 is 23.3. The highest BCUT2D eigenvalue weighted by Crippen LogP contribution is 2.23. The van der Waals surface area contributed by atoms with Gasteiger partial charge in [0, 0.05) is 12.8 Å². The molecule has 8 heteroatoms. The number of likely N-dealkylation sites (tertiary alicyclic amines) is 1. The molecular formula is C12H20N4O3S. The van der Waals surface area contributed by atoms with Crippen LogP contribution in [0.1, 0.15) is 18.5 Å². The Bertz CT molecular complexity index is 581. The molecule has 1 amide bonds. The average Bonchev–Trinajstić information content (AvgIpc) is 2.76. The zero-order chi connectivity index (χ0) is 14.8. The van der Waals surface area contributed by atoms with Crippen LogP contribution in [0, 0.1) is 5.92 Å². The summed E-state index contributed by atoms with van der Waals surface area (Å²) in [6.07, 6.45) is 5.16. The van der Waals surface area contributed by atoms with Crippen LogP contribution in [-0.4, -0.2) is 55.3 Å². The lowest BCUT2D eigenvalue weighted by atomic mass is 9.93. The van der Waals surface area contributed by atoms with E-state index in [1.165, 1.54) is 12.5 Å². The molecule has 1 saturated heterocycles. The molecule has 0 spiro atoms. The second-order valence-electron chi connectivity index (χ2n) is 5.40. The van der Waals surface area contributed by atoms with Gasteiger partial charge in [0.15, 0.2) is 9.84 Å². The van der Waals surface area contributed by atoms with Gasteiger partial charge in [-0.2, -0.15) is 5.10 Å². The lowest BCUT2D eigenvalue weighted by Crippen LogP contribution is -2.41. The summed E-state index contributed by atoms with van der Waals surface area (Å²) in [4.78, 5) is 13.3. The molecule has 1 fully saturated rings. The highest BCUT2D eigenvalue weighted by Gasteiger charge is 2.24. The van der Waals surface area contributed by atoms with Crippen LogP contribution in [0.2, 0.25) is 0 Å².